The van der Waals surface area contributed by atoms with E-state index >= 15 is 0 Å². The third kappa shape index (κ3) is 4.33. The maximum atomic E-state index is 12.0. The molecule has 0 aliphatic carbocycles. The number of hydrogen-bond acceptors (Lipinski definition) is 4. The molecule has 0 fully saturated rings. The Morgan fingerprint density at radius 1 is 1.32 bits per heavy atom. The summed E-state index contributed by atoms with van der Waals surface area (Å²) in [6.07, 6.45) is 3.35. The largest absolute Gasteiger partial charge is 0.468 e. The lowest BCUT2D eigenvalue weighted by atomic mass is 10.2. The highest BCUT2D eigenvalue weighted by atomic mass is 16.3. The van der Waals surface area contributed by atoms with Crippen LogP contribution in [0, 0.1) is 0 Å². The molecule has 2 rings (SSSR count). The van der Waals surface area contributed by atoms with Crippen molar-refractivity contribution in [1.29, 1.82) is 0 Å². The zero-order valence-corrected chi connectivity index (χ0v) is 13.1. The summed E-state index contributed by atoms with van der Waals surface area (Å²) < 4.78 is 5.42. The van der Waals surface area contributed by atoms with Crippen LogP contribution in [0.3, 0.4) is 0 Å². The van der Waals surface area contributed by atoms with Crippen molar-refractivity contribution in [3.63, 3.8) is 0 Å². The fourth-order valence-electron chi connectivity index (χ4n) is 2.16. The number of carbonyl (C=O) groups excluding carboxylic acids is 1. The Hall–Kier alpha value is -2.34. The highest BCUT2D eigenvalue weighted by molar-refractivity contribution is 5.74. The standard InChI is InChI=1S/C16H22N4O2/c1-12(13-7-4-5-9-17-13)19-16(21)18-11-14(20(2)3)15-8-6-10-22-15/h4-10,12,14H,11H2,1-3H3,(H2,18,19,21)/t12-,14-/m1/s1. The van der Waals surface area contributed by atoms with Crippen LogP contribution in [-0.2, 0) is 0 Å². The topological polar surface area (TPSA) is 70.4 Å². The van der Waals surface area contributed by atoms with E-state index in [1.165, 1.54) is 0 Å². The zero-order valence-electron chi connectivity index (χ0n) is 13.1. The minimum Gasteiger partial charge on any atom is -0.468 e. The fourth-order valence-corrected chi connectivity index (χ4v) is 2.16. The van der Waals surface area contributed by atoms with Gasteiger partial charge in [0.15, 0.2) is 0 Å². The van der Waals surface area contributed by atoms with Crippen LogP contribution in [0.5, 0.6) is 0 Å². The molecule has 2 atom stereocenters. The summed E-state index contributed by atoms with van der Waals surface area (Å²) in [5, 5.41) is 5.75. The molecule has 0 aliphatic rings. The van der Waals surface area contributed by atoms with E-state index in [4.69, 9.17) is 4.42 Å². The molecule has 6 heteroatoms. The molecule has 0 saturated carbocycles. The fraction of sp³-hybridized carbons (Fsp3) is 0.375. The molecule has 0 unspecified atom stereocenters. The van der Waals surface area contributed by atoms with Gasteiger partial charge in [-0.25, -0.2) is 4.79 Å². The molecule has 0 saturated heterocycles. The Balaban J connectivity index is 1.86. The highest BCUT2D eigenvalue weighted by Crippen LogP contribution is 2.17. The first kappa shape index (κ1) is 16.0. The summed E-state index contributed by atoms with van der Waals surface area (Å²) >= 11 is 0. The van der Waals surface area contributed by atoms with Gasteiger partial charge in [-0.05, 0) is 45.3 Å². The molecular weight excluding hydrogens is 280 g/mol. The predicted molar refractivity (Wildman–Crippen MR) is 84.3 cm³/mol. The van der Waals surface area contributed by atoms with Gasteiger partial charge in [0, 0.05) is 12.7 Å². The summed E-state index contributed by atoms with van der Waals surface area (Å²) in [5.41, 5.74) is 0.827. The monoisotopic (exact) mass is 302 g/mol. The van der Waals surface area contributed by atoms with E-state index < -0.39 is 0 Å². The van der Waals surface area contributed by atoms with Gasteiger partial charge in [0.1, 0.15) is 5.76 Å². The number of carbonyl (C=O) groups is 1. The second-order valence-electron chi connectivity index (χ2n) is 5.33. The molecule has 2 heterocycles. The highest BCUT2D eigenvalue weighted by Gasteiger charge is 2.18. The van der Waals surface area contributed by atoms with Crippen molar-refractivity contribution in [2.75, 3.05) is 20.6 Å². The van der Waals surface area contributed by atoms with Crippen molar-refractivity contribution in [3.8, 4) is 0 Å². The van der Waals surface area contributed by atoms with Crippen LogP contribution in [0.15, 0.2) is 47.2 Å². The van der Waals surface area contributed by atoms with Crippen molar-refractivity contribution >= 4 is 6.03 Å². The van der Waals surface area contributed by atoms with Crippen molar-refractivity contribution in [2.24, 2.45) is 0 Å². The van der Waals surface area contributed by atoms with Gasteiger partial charge < -0.3 is 15.1 Å². The number of nitrogens with zero attached hydrogens (tertiary/aromatic N) is 2. The van der Waals surface area contributed by atoms with E-state index in [0.717, 1.165) is 11.5 Å². The Morgan fingerprint density at radius 3 is 2.73 bits per heavy atom. The Morgan fingerprint density at radius 2 is 2.14 bits per heavy atom. The summed E-state index contributed by atoms with van der Waals surface area (Å²) in [6, 6.07) is 9.00. The molecule has 0 bridgehead atoms. The third-order valence-electron chi connectivity index (χ3n) is 3.43. The average Bonchev–Trinajstić information content (AvgIpc) is 3.02. The van der Waals surface area contributed by atoms with Crippen molar-refractivity contribution in [3.05, 3.63) is 54.2 Å². The minimum atomic E-state index is -0.225. The molecule has 118 valence electrons. The third-order valence-corrected chi connectivity index (χ3v) is 3.43. The number of aromatic nitrogens is 1. The van der Waals surface area contributed by atoms with Gasteiger partial charge >= 0.3 is 6.03 Å². The van der Waals surface area contributed by atoms with Gasteiger partial charge in [0.05, 0.1) is 24.0 Å². The number of urea groups is 1. The van der Waals surface area contributed by atoms with Crippen LogP contribution >= 0.6 is 0 Å². The van der Waals surface area contributed by atoms with E-state index in [1.54, 1.807) is 12.5 Å². The molecule has 6 nitrogen and oxygen atoms in total. The van der Waals surface area contributed by atoms with E-state index in [1.807, 2.05) is 56.3 Å². The number of pyridine rings is 1. The van der Waals surface area contributed by atoms with Crippen LogP contribution in [0.2, 0.25) is 0 Å². The molecule has 22 heavy (non-hydrogen) atoms. The lowest BCUT2D eigenvalue weighted by molar-refractivity contribution is 0.223. The molecular formula is C16H22N4O2. The molecule has 2 amide bonds. The van der Waals surface area contributed by atoms with E-state index in [0.29, 0.717) is 6.54 Å². The SMILES string of the molecule is C[C@@H](NC(=O)NC[C@H](c1ccco1)N(C)C)c1ccccn1. The second-order valence-corrected chi connectivity index (χ2v) is 5.33. The number of hydrogen-bond donors (Lipinski definition) is 2. The van der Waals surface area contributed by atoms with Crippen LogP contribution < -0.4 is 10.6 Å². The lowest BCUT2D eigenvalue weighted by Gasteiger charge is -2.23. The minimum absolute atomic E-state index is 0.00842. The van der Waals surface area contributed by atoms with Crippen LogP contribution in [0.25, 0.3) is 0 Å². The first-order chi connectivity index (χ1) is 10.6. The molecule has 0 aromatic carbocycles. The molecule has 2 aromatic rings. The molecule has 0 radical (unpaired) electrons. The summed E-state index contributed by atoms with van der Waals surface area (Å²) in [7, 11) is 3.90. The molecule has 0 aliphatic heterocycles. The quantitative estimate of drug-likeness (QED) is 0.859. The predicted octanol–water partition coefficient (Wildman–Crippen LogP) is 2.34. The molecule has 2 aromatic heterocycles. The van der Waals surface area contributed by atoms with Gasteiger partial charge in [-0.15, -0.1) is 0 Å². The smallest absolute Gasteiger partial charge is 0.315 e. The Kier molecular flexibility index (Phi) is 5.55. The van der Waals surface area contributed by atoms with E-state index in [-0.39, 0.29) is 18.1 Å². The lowest BCUT2D eigenvalue weighted by Crippen LogP contribution is -2.41. The first-order valence-electron chi connectivity index (χ1n) is 7.23. The zero-order chi connectivity index (χ0) is 15.9. The normalized spacial score (nSPS) is 13.6. The number of furan rings is 1. The van der Waals surface area contributed by atoms with Crippen molar-refractivity contribution in [2.45, 2.75) is 19.0 Å². The second kappa shape index (κ2) is 7.61. The molecule has 0 spiro atoms. The number of likely N-dealkylation sites (N-methyl/N-ethyl adjacent to an activating group) is 1. The van der Waals surface area contributed by atoms with Gasteiger partial charge in [-0.3, -0.25) is 9.88 Å². The number of amides is 2. The maximum absolute atomic E-state index is 12.0. The van der Waals surface area contributed by atoms with E-state index in [9.17, 15) is 4.79 Å². The Bertz CT molecular complexity index is 569. The summed E-state index contributed by atoms with van der Waals surface area (Å²) in [5.74, 6) is 0.822. The first-order valence-corrected chi connectivity index (χ1v) is 7.23. The summed E-state index contributed by atoms with van der Waals surface area (Å²) in [6.45, 7) is 2.36. The van der Waals surface area contributed by atoms with Crippen LogP contribution in [-0.4, -0.2) is 36.6 Å². The molecule has 2 N–H and O–H groups in total. The van der Waals surface area contributed by atoms with Crippen LogP contribution in [0.4, 0.5) is 4.79 Å². The van der Waals surface area contributed by atoms with Crippen molar-refractivity contribution < 1.29 is 9.21 Å². The van der Waals surface area contributed by atoms with Crippen LogP contribution in [0.1, 0.15) is 30.5 Å². The van der Waals surface area contributed by atoms with Crippen molar-refractivity contribution in [1.82, 2.24) is 20.5 Å². The van der Waals surface area contributed by atoms with Gasteiger partial charge in [-0.2, -0.15) is 0 Å². The van der Waals surface area contributed by atoms with Gasteiger partial charge in [-0.1, -0.05) is 6.07 Å². The average molecular weight is 302 g/mol. The number of rotatable bonds is 6. The summed E-state index contributed by atoms with van der Waals surface area (Å²) in [4.78, 5) is 18.3. The number of nitrogens with one attached hydrogen (secondary N) is 2. The maximum Gasteiger partial charge on any atom is 0.315 e. The van der Waals surface area contributed by atoms with Gasteiger partial charge in [0.25, 0.3) is 0 Å². The van der Waals surface area contributed by atoms with Gasteiger partial charge in [0.2, 0.25) is 0 Å². The Labute approximate surface area is 130 Å². The van der Waals surface area contributed by atoms with E-state index in [2.05, 4.69) is 15.6 Å².